The molecule has 0 unspecified atom stereocenters. The SMILES string of the molecule is CC(C)=CCO[C@@H]1COCC[C@H]1NC(=O)c1cn2cc(Cl)ccc2n1. The van der Waals surface area contributed by atoms with Crippen molar-refractivity contribution >= 4 is 23.2 Å². The Morgan fingerprint density at radius 1 is 1.48 bits per heavy atom. The molecule has 6 nitrogen and oxygen atoms in total. The number of allylic oxidation sites excluding steroid dienone is 1. The Kier molecular flexibility index (Phi) is 5.73. The van der Waals surface area contributed by atoms with E-state index < -0.39 is 0 Å². The van der Waals surface area contributed by atoms with Crippen molar-refractivity contribution in [2.45, 2.75) is 32.4 Å². The Morgan fingerprint density at radius 3 is 3.12 bits per heavy atom. The van der Waals surface area contributed by atoms with Gasteiger partial charge >= 0.3 is 0 Å². The zero-order valence-electron chi connectivity index (χ0n) is 14.4. The molecule has 1 amide bonds. The average molecular weight is 364 g/mol. The molecule has 1 aliphatic rings. The van der Waals surface area contributed by atoms with Gasteiger partial charge in [0.2, 0.25) is 0 Å². The highest BCUT2D eigenvalue weighted by atomic mass is 35.5. The maximum atomic E-state index is 12.6. The Bertz CT molecular complexity index is 783. The van der Waals surface area contributed by atoms with Gasteiger partial charge in [-0.1, -0.05) is 23.3 Å². The number of pyridine rings is 1. The Hall–Kier alpha value is -1.89. The van der Waals surface area contributed by atoms with E-state index in [1.807, 2.05) is 19.9 Å². The van der Waals surface area contributed by atoms with Gasteiger partial charge in [-0.15, -0.1) is 0 Å². The lowest BCUT2D eigenvalue weighted by atomic mass is 10.1. The van der Waals surface area contributed by atoms with E-state index >= 15 is 0 Å². The molecule has 1 aliphatic heterocycles. The Balaban J connectivity index is 1.67. The molecule has 1 saturated heterocycles. The second-order valence-electron chi connectivity index (χ2n) is 6.34. The van der Waals surface area contributed by atoms with Gasteiger partial charge in [0.05, 0.1) is 24.3 Å². The topological polar surface area (TPSA) is 64.9 Å². The van der Waals surface area contributed by atoms with E-state index in [1.54, 1.807) is 28.9 Å². The molecule has 7 heteroatoms. The van der Waals surface area contributed by atoms with E-state index in [0.717, 1.165) is 0 Å². The number of fused-ring (bicyclic) bond motifs is 1. The number of rotatable bonds is 5. The van der Waals surface area contributed by atoms with Crippen LogP contribution in [0.1, 0.15) is 30.8 Å². The minimum Gasteiger partial charge on any atom is -0.379 e. The van der Waals surface area contributed by atoms with Gasteiger partial charge < -0.3 is 19.2 Å². The zero-order valence-corrected chi connectivity index (χ0v) is 15.1. The summed E-state index contributed by atoms with van der Waals surface area (Å²) in [5, 5.41) is 3.62. The van der Waals surface area contributed by atoms with E-state index in [2.05, 4.69) is 10.3 Å². The van der Waals surface area contributed by atoms with Gasteiger partial charge in [0, 0.05) is 19.0 Å². The van der Waals surface area contributed by atoms with Crippen LogP contribution >= 0.6 is 11.6 Å². The van der Waals surface area contributed by atoms with Gasteiger partial charge in [0.15, 0.2) is 0 Å². The highest BCUT2D eigenvalue weighted by Gasteiger charge is 2.28. The van der Waals surface area contributed by atoms with E-state index in [9.17, 15) is 4.79 Å². The van der Waals surface area contributed by atoms with E-state index in [4.69, 9.17) is 21.1 Å². The molecule has 1 fully saturated rings. The second kappa shape index (κ2) is 7.99. The van der Waals surface area contributed by atoms with Gasteiger partial charge in [-0.05, 0) is 32.4 Å². The summed E-state index contributed by atoms with van der Waals surface area (Å²) in [7, 11) is 0. The lowest BCUT2D eigenvalue weighted by molar-refractivity contribution is -0.0589. The Morgan fingerprint density at radius 2 is 2.32 bits per heavy atom. The fourth-order valence-electron chi connectivity index (χ4n) is 2.70. The van der Waals surface area contributed by atoms with Crippen LogP contribution in [0.15, 0.2) is 36.2 Å². The number of hydrogen-bond acceptors (Lipinski definition) is 4. The molecule has 3 heterocycles. The standard InChI is InChI=1S/C18H22ClN3O3/c1-12(2)5-8-25-16-11-24-7-6-14(16)21-18(23)15-10-22-9-13(19)3-4-17(22)20-15/h3-5,9-10,14,16H,6-8,11H2,1-2H3,(H,21,23)/t14-,16-/m1/s1. The number of nitrogens with one attached hydrogen (secondary N) is 1. The number of halogens is 1. The molecule has 2 aromatic rings. The van der Waals surface area contributed by atoms with Crippen molar-refractivity contribution in [2.24, 2.45) is 0 Å². The quantitative estimate of drug-likeness (QED) is 0.829. The van der Waals surface area contributed by atoms with Crippen molar-refractivity contribution in [3.63, 3.8) is 0 Å². The van der Waals surface area contributed by atoms with Crippen molar-refractivity contribution in [1.82, 2.24) is 14.7 Å². The molecule has 0 aromatic carbocycles. The molecule has 0 saturated carbocycles. The molecule has 134 valence electrons. The number of hydrogen-bond donors (Lipinski definition) is 1. The fourth-order valence-corrected chi connectivity index (χ4v) is 2.86. The van der Waals surface area contributed by atoms with Crippen molar-refractivity contribution in [3.8, 4) is 0 Å². The number of nitrogens with zero attached hydrogens (tertiary/aromatic N) is 2. The first-order valence-corrected chi connectivity index (χ1v) is 8.68. The Labute approximate surface area is 151 Å². The molecule has 0 spiro atoms. The fraction of sp³-hybridized carbons (Fsp3) is 0.444. The third kappa shape index (κ3) is 4.60. The maximum absolute atomic E-state index is 12.6. The first kappa shape index (κ1) is 17.9. The number of ether oxygens (including phenoxy) is 2. The third-order valence-electron chi connectivity index (χ3n) is 4.07. The molecule has 1 N–H and O–H groups in total. The van der Waals surface area contributed by atoms with Crippen molar-refractivity contribution in [2.75, 3.05) is 19.8 Å². The molecular weight excluding hydrogens is 342 g/mol. The summed E-state index contributed by atoms with van der Waals surface area (Å²) >= 11 is 5.97. The summed E-state index contributed by atoms with van der Waals surface area (Å²) < 4.78 is 13.1. The number of amides is 1. The minimum atomic E-state index is -0.220. The van der Waals surface area contributed by atoms with E-state index in [1.165, 1.54) is 5.57 Å². The lowest BCUT2D eigenvalue weighted by Crippen LogP contribution is -2.50. The first-order valence-electron chi connectivity index (χ1n) is 8.31. The van der Waals surface area contributed by atoms with Gasteiger partial charge in [-0.3, -0.25) is 4.79 Å². The summed E-state index contributed by atoms with van der Waals surface area (Å²) in [6, 6.07) is 3.43. The summed E-state index contributed by atoms with van der Waals surface area (Å²) in [6.07, 6.45) is 5.96. The van der Waals surface area contributed by atoms with Crippen LogP contribution in [-0.4, -0.2) is 47.3 Å². The van der Waals surface area contributed by atoms with Gasteiger partial charge in [0.1, 0.15) is 17.4 Å². The van der Waals surface area contributed by atoms with Crippen LogP contribution in [0, 0.1) is 0 Å². The summed E-state index contributed by atoms with van der Waals surface area (Å²) in [5.74, 6) is -0.220. The van der Waals surface area contributed by atoms with Gasteiger partial charge in [0.25, 0.3) is 5.91 Å². The van der Waals surface area contributed by atoms with Crippen LogP contribution in [0.5, 0.6) is 0 Å². The van der Waals surface area contributed by atoms with Gasteiger partial charge in [-0.2, -0.15) is 0 Å². The number of imidazole rings is 1. The van der Waals surface area contributed by atoms with Crippen LogP contribution in [0.4, 0.5) is 0 Å². The van der Waals surface area contributed by atoms with Gasteiger partial charge in [-0.25, -0.2) is 4.98 Å². The molecule has 0 bridgehead atoms. The molecule has 2 aromatic heterocycles. The number of carbonyl (C=O) groups excluding carboxylic acids is 1. The number of carbonyl (C=O) groups is 1. The molecule has 2 atom stereocenters. The van der Waals surface area contributed by atoms with Crippen molar-refractivity contribution in [1.29, 1.82) is 0 Å². The highest BCUT2D eigenvalue weighted by Crippen LogP contribution is 2.15. The predicted octanol–water partition coefficient (Wildman–Crippen LogP) is 2.86. The van der Waals surface area contributed by atoms with E-state index in [-0.39, 0.29) is 18.1 Å². The van der Waals surface area contributed by atoms with Crippen LogP contribution < -0.4 is 5.32 Å². The monoisotopic (exact) mass is 363 g/mol. The van der Waals surface area contributed by atoms with Crippen molar-refractivity contribution in [3.05, 3.63) is 46.9 Å². The molecule has 0 radical (unpaired) electrons. The van der Waals surface area contributed by atoms with Crippen LogP contribution in [0.25, 0.3) is 5.65 Å². The smallest absolute Gasteiger partial charge is 0.271 e. The third-order valence-corrected chi connectivity index (χ3v) is 4.29. The highest BCUT2D eigenvalue weighted by molar-refractivity contribution is 6.30. The normalized spacial score (nSPS) is 20.4. The summed E-state index contributed by atoms with van der Waals surface area (Å²) in [6.45, 7) is 5.64. The van der Waals surface area contributed by atoms with E-state index in [0.29, 0.717) is 42.6 Å². The van der Waals surface area contributed by atoms with Crippen LogP contribution in [-0.2, 0) is 9.47 Å². The molecule has 0 aliphatic carbocycles. The number of aromatic nitrogens is 2. The molecule has 25 heavy (non-hydrogen) atoms. The average Bonchev–Trinajstić information content (AvgIpc) is 2.99. The zero-order chi connectivity index (χ0) is 17.8. The van der Waals surface area contributed by atoms with Crippen LogP contribution in [0.3, 0.4) is 0 Å². The predicted molar refractivity (Wildman–Crippen MR) is 96.1 cm³/mol. The second-order valence-corrected chi connectivity index (χ2v) is 6.77. The first-order chi connectivity index (χ1) is 12.0. The summed E-state index contributed by atoms with van der Waals surface area (Å²) in [5.41, 5.74) is 2.23. The summed E-state index contributed by atoms with van der Waals surface area (Å²) in [4.78, 5) is 16.9. The lowest BCUT2D eigenvalue weighted by Gasteiger charge is -2.31. The molecular formula is C18H22ClN3O3. The largest absolute Gasteiger partial charge is 0.379 e. The molecule has 3 rings (SSSR count). The van der Waals surface area contributed by atoms with Crippen LogP contribution in [0.2, 0.25) is 5.02 Å². The minimum absolute atomic E-state index is 0.0970. The maximum Gasteiger partial charge on any atom is 0.271 e. The van der Waals surface area contributed by atoms with Crippen molar-refractivity contribution < 1.29 is 14.3 Å².